The fraction of sp³-hybridized carbons (Fsp3) is 0.273. The Hall–Kier alpha value is -3.28. The second-order valence-electron chi connectivity index (χ2n) is 6.48. The van der Waals surface area contributed by atoms with E-state index >= 15 is 0 Å². The fourth-order valence-corrected chi connectivity index (χ4v) is 3.18. The topological polar surface area (TPSA) is 76.7 Å². The molecular formula is C22H24N2O4. The van der Waals surface area contributed by atoms with E-state index in [9.17, 15) is 9.59 Å². The smallest absolute Gasteiger partial charge is 0.319 e. The van der Waals surface area contributed by atoms with Crippen LogP contribution in [-0.4, -0.2) is 25.2 Å². The summed E-state index contributed by atoms with van der Waals surface area (Å²) in [6.45, 7) is 6.59. The van der Waals surface area contributed by atoms with E-state index in [2.05, 4.69) is 17.2 Å². The number of carbonyl (C=O) groups is 2. The Kier molecular flexibility index (Phi) is 6.32. The molecule has 0 saturated carbocycles. The Morgan fingerprint density at radius 1 is 1.11 bits per heavy atom. The number of rotatable bonds is 7. The van der Waals surface area contributed by atoms with Crippen molar-refractivity contribution in [2.45, 2.75) is 19.4 Å². The molecule has 1 saturated heterocycles. The maximum absolute atomic E-state index is 12.8. The molecule has 3 rings (SSSR count). The van der Waals surface area contributed by atoms with Crippen LogP contribution in [0.4, 0.5) is 4.79 Å². The quantitative estimate of drug-likeness (QED) is 0.722. The third-order valence-electron chi connectivity index (χ3n) is 4.55. The molecule has 28 heavy (non-hydrogen) atoms. The summed E-state index contributed by atoms with van der Waals surface area (Å²) in [6, 6.07) is 16.1. The molecule has 0 aromatic heterocycles. The SMILES string of the molecule is C=C1NC(=O)NC(c2ccc(OCC)cc2)C1C(=O)OCCc1ccccc1. The highest BCUT2D eigenvalue weighted by atomic mass is 16.5. The molecule has 2 amide bonds. The molecule has 2 aromatic carbocycles. The first-order valence-electron chi connectivity index (χ1n) is 9.28. The second-order valence-corrected chi connectivity index (χ2v) is 6.48. The number of nitrogens with one attached hydrogen (secondary N) is 2. The minimum atomic E-state index is -0.716. The minimum Gasteiger partial charge on any atom is -0.494 e. The first-order valence-corrected chi connectivity index (χ1v) is 9.28. The second kappa shape index (κ2) is 9.08. The Morgan fingerprint density at radius 2 is 1.82 bits per heavy atom. The molecule has 146 valence electrons. The number of amides is 2. The van der Waals surface area contributed by atoms with Crippen LogP contribution in [0.1, 0.15) is 24.1 Å². The minimum absolute atomic E-state index is 0.260. The normalized spacial score (nSPS) is 18.8. The third kappa shape index (κ3) is 4.71. The summed E-state index contributed by atoms with van der Waals surface area (Å²) in [6.07, 6.45) is 0.624. The summed E-state index contributed by atoms with van der Waals surface area (Å²) in [7, 11) is 0. The summed E-state index contributed by atoms with van der Waals surface area (Å²) in [5.74, 6) is -0.411. The average Bonchev–Trinajstić information content (AvgIpc) is 2.69. The molecule has 0 aliphatic carbocycles. The number of urea groups is 1. The standard InChI is InChI=1S/C22H24N2O4/c1-3-27-18-11-9-17(10-12-18)20-19(15(2)23-22(26)24-20)21(25)28-14-13-16-7-5-4-6-8-16/h4-12,19-20H,2-3,13-14H2,1H3,(H2,23,24,26). The lowest BCUT2D eigenvalue weighted by molar-refractivity contribution is -0.148. The molecule has 1 aliphatic heterocycles. The van der Waals surface area contributed by atoms with Crippen LogP contribution in [0.5, 0.6) is 5.75 Å². The first-order chi connectivity index (χ1) is 13.6. The van der Waals surface area contributed by atoms with Crippen molar-refractivity contribution in [3.63, 3.8) is 0 Å². The van der Waals surface area contributed by atoms with Gasteiger partial charge in [0, 0.05) is 12.1 Å². The zero-order chi connectivity index (χ0) is 19.9. The molecule has 6 heteroatoms. The van der Waals surface area contributed by atoms with Crippen LogP contribution in [0.15, 0.2) is 66.9 Å². The van der Waals surface area contributed by atoms with Crippen LogP contribution in [0.2, 0.25) is 0 Å². The van der Waals surface area contributed by atoms with Crippen molar-refractivity contribution >= 4 is 12.0 Å². The fourth-order valence-electron chi connectivity index (χ4n) is 3.18. The Balaban J connectivity index is 1.70. The molecular weight excluding hydrogens is 356 g/mol. The van der Waals surface area contributed by atoms with Crippen molar-refractivity contribution in [3.05, 3.63) is 78.0 Å². The van der Waals surface area contributed by atoms with Crippen LogP contribution >= 0.6 is 0 Å². The van der Waals surface area contributed by atoms with E-state index in [1.165, 1.54) is 0 Å². The number of esters is 1. The van der Waals surface area contributed by atoms with Crippen LogP contribution in [-0.2, 0) is 16.0 Å². The van der Waals surface area contributed by atoms with Crippen LogP contribution in [0.3, 0.4) is 0 Å². The van der Waals surface area contributed by atoms with E-state index in [0.717, 1.165) is 16.9 Å². The van der Waals surface area contributed by atoms with Gasteiger partial charge in [0.2, 0.25) is 0 Å². The summed E-state index contributed by atoms with van der Waals surface area (Å²) in [5.41, 5.74) is 2.20. The predicted octanol–water partition coefficient (Wildman–Crippen LogP) is 3.36. The van der Waals surface area contributed by atoms with E-state index in [1.54, 1.807) is 0 Å². The van der Waals surface area contributed by atoms with Gasteiger partial charge in [-0.25, -0.2) is 4.79 Å². The van der Waals surface area contributed by atoms with E-state index in [-0.39, 0.29) is 6.61 Å². The first kappa shape index (κ1) is 19.5. The molecule has 2 unspecified atom stereocenters. The summed E-state index contributed by atoms with van der Waals surface area (Å²) in [4.78, 5) is 24.7. The van der Waals surface area contributed by atoms with Gasteiger partial charge in [0.25, 0.3) is 0 Å². The van der Waals surface area contributed by atoms with Crippen molar-refractivity contribution in [3.8, 4) is 5.75 Å². The Morgan fingerprint density at radius 3 is 2.50 bits per heavy atom. The van der Waals surface area contributed by atoms with Crippen LogP contribution < -0.4 is 15.4 Å². The van der Waals surface area contributed by atoms with Gasteiger partial charge in [-0.2, -0.15) is 0 Å². The van der Waals surface area contributed by atoms with E-state index in [4.69, 9.17) is 9.47 Å². The molecule has 1 fully saturated rings. The van der Waals surface area contributed by atoms with Crippen molar-refractivity contribution in [1.29, 1.82) is 0 Å². The van der Waals surface area contributed by atoms with E-state index in [0.29, 0.717) is 18.7 Å². The molecule has 2 aromatic rings. The van der Waals surface area contributed by atoms with Crippen molar-refractivity contribution < 1.29 is 19.1 Å². The average molecular weight is 380 g/mol. The number of benzene rings is 2. The molecule has 2 N–H and O–H groups in total. The zero-order valence-corrected chi connectivity index (χ0v) is 15.8. The lowest BCUT2D eigenvalue weighted by Crippen LogP contribution is -2.51. The maximum Gasteiger partial charge on any atom is 0.319 e. The molecule has 0 radical (unpaired) electrons. The Labute approximate surface area is 164 Å². The largest absolute Gasteiger partial charge is 0.494 e. The lowest BCUT2D eigenvalue weighted by Gasteiger charge is -2.33. The van der Waals surface area contributed by atoms with Gasteiger partial charge in [-0.15, -0.1) is 0 Å². The molecule has 2 atom stereocenters. The molecule has 0 spiro atoms. The lowest BCUT2D eigenvalue weighted by atomic mass is 9.89. The predicted molar refractivity (Wildman–Crippen MR) is 106 cm³/mol. The van der Waals surface area contributed by atoms with Crippen molar-refractivity contribution in [2.24, 2.45) is 5.92 Å². The molecule has 1 heterocycles. The Bertz CT molecular complexity index is 833. The maximum atomic E-state index is 12.8. The highest BCUT2D eigenvalue weighted by molar-refractivity contribution is 5.85. The molecule has 1 aliphatic rings. The highest BCUT2D eigenvalue weighted by Gasteiger charge is 2.38. The van der Waals surface area contributed by atoms with Gasteiger partial charge in [-0.05, 0) is 30.2 Å². The number of hydrogen-bond acceptors (Lipinski definition) is 4. The summed E-state index contributed by atoms with van der Waals surface area (Å²) < 4.78 is 10.9. The van der Waals surface area contributed by atoms with Crippen LogP contribution in [0.25, 0.3) is 0 Å². The van der Waals surface area contributed by atoms with Crippen LogP contribution in [0, 0.1) is 5.92 Å². The van der Waals surface area contributed by atoms with Crippen molar-refractivity contribution in [1.82, 2.24) is 10.6 Å². The van der Waals surface area contributed by atoms with Gasteiger partial charge in [-0.1, -0.05) is 49.0 Å². The van der Waals surface area contributed by atoms with Gasteiger partial charge in [0.15, 0.2) is 0 Å². The molecule has 6 nitrogen and oxygen atoms in total. The molecule has 0 bridgehead atoms. The number of hydrogen-bond donors (Lipinski definition) is 2. The van der Waals surface area contributed by atoms with Gasteiger partial charge in [0.05, 0.1) is 19.3 Å². The van der Waals surface area contributed by atoms with E-state index < -0.39 is 24.0 Å². The van der Waals surface area contributed by atoms with Gasteiger partial charge in [-0.3, -0.25) is 4.79 Å². The van der Waals surface area contributed by atoms with Gasteiger partial charge < -0.3 is 20.1 Å². The van der Waals surface area contributed by atoms with Gasteiger partial charge >= 0.3 is 12.0 Å². The summed E-state index contributed by atoms with van der Waals surface area (Å²) >= 11 is 0. The van der Waals surface area contributed by atoms with E-state index in [1.807, 2.05) is 61.5 Å². The van der Waals surface area contributed by atoms with Crippen molar-refractivity contribution in [2.75, 3.05) is 13.2 Å². The monoisotopic (exact) mass is 380 g/mol. The summed E-state index contributed by atoms with van der Waals surface area (Å²) in [5, 5.41) is 5.38. The third-order valence-corrected chi connectivity index (χ3v) is 4.55. The number of ether oxygens (including phenoxy) is 2. The number of carbonyl (C=O) groups excluding carboxylic acids is 2. The van der Waals surface area contributed by atoms with Gasteiger partial charge in [0.1, 0.15) is 11.7 Å². The highest BCUT2D eigenvalue weighted by Crippen LogP contribution is 2.31. The zero-order valence-electron chi connectivity index (χ0n) is 15.8.